The Morgan fingerprint density at radius 1 is 1.33 bits per heavy atom. The molecule has 1 saturated heterocycles. The second kappa shape index (κ2) is 5.72. The molecular formula is C14H20BBrN2O3. The highest BCUT2D eigenvalue weighted by atomic mass is 79.9. The summed E-state index contributed by atoms with van der Waals surface area (Å²) < 4.78 is 12.6. The Morgan fingerprint density at radius 2 is 1.90 bits per heavy atom. The van der Waals surface area contributed by atoms with Crippen molar-refractivity contribution in [1.29, 1.82) is 0 Å². The average molecular weight is 355 g/mol. The smallest absolute Gasteiger partial charge is 0.491 e. The van der Waals surface area contributed by atoms with Crippen LogP contribution in [-0.4, -0.2) is 35.0 Å². The highest BCUT2D eigenvalue weighted by Crippen LogP contribution is 2.38. The van der Waals surface area contributed by atoms with Crippen LogP contribution in [0.2, 0.25) is 0 Å². The summed E-state index contributed by atoms with van der Waals surface area (Å²) in [5, 5.41) is 9.88. The van der Waals surface area contributed by atoms with Gasteiger partial charge in [0.25, 0.3) is 0 Å². The van der Waals surface area contributed by atoms with Crippen LogP contribution in [0.15, 0.2) is 22.2 Å². The standard InChI is InChI=1S/C14H20BBrN2O3/c1-13(2)14(3,4)21-15(20-13)9(8-17)7-10-11(19)5-6-12(16)18-10/h5-7,19H,8,17H2,1-4H3. The summed E-state index contributed by atoms with van der Waals surface area (Å²) in [6.45, 7) is 8.18. The van der Waals surface area contributed by atoms with Gasteiger partial charge < -0.3 is 20.1 Å². The van der Waals surface area contributed by atoms with E-state index in [-0.39, 0.29) is 12.3 Å². The second-order valence-electron chi connectivity index (χ2n) is 6.05. The molecular weight excluding hydrogens is 335 g/mol. The van der Waals surface area contributed by atoms with E-state index in [0.29, 0.717) is 10.3 Å². The van der Waals surface area contributed by atoms with E-state index in [4.69, 9.17) is 15.0 Å². The maximum absolute atomic E-state index is 9.88. The minimum Gasteiger partial charge on any atom is -0.506 e. The number of aromatic nitrogens is 1. The molecule has 0 amide bonds. The monoisotopic (exact) mass is 354 g/mol. The number of nitrogens with two attached hydrogens (primary N) is 1. The van der Waals surface area contributed by atoms with Crippen LogP contribution < -0.4 is 5.73 Å². The number of halogens is 1. The van der Waals surface area contributed by atoms with Gasteiger partial charge in [0, 0.05) is 6.54 Å². The SMILES string of the molecule is CC1(C)OB(C(=Cc2nc(Br)ccc2O)CN)OC1(C)C. The van der Waals surface area contributed by atoms with Crippen molar-refractivity contribution in [1.82, 2.24) is 4.98 Å². The van der Waals surface area contributed by atoms with Crippen molar-refractivity contribution in [3.05, 3.63) is 27.9 Å². The van der Waals surface area contributed by atoms with E-state index in [9.17, 15) is 5.11 Å². The van der Waals surface area contributed by atoms with E-state index in [0.717, 1.165) is 5.47 Å². The Bertz CT molecular complexity index is 559. The Hall–Kier alpha value is -0.885. The van der Waals surface area contributed by atoms with Crippen molar-refractivity contribution < 1.29 is 14.4 Å². The van der Waals surface area contributed by atoms with Gasteiger partial charge in [0.15, 0.2) is 0 Å². The summed E-state index contributed by atoms with van der Waals surface area (Å²) in [7, 11) is -0.541. The molecule has 0 aromatic carbocycles. The molecule has 1 fully saturated rings. The van der Waals surface area contributed by atoms with Gasteiger partial charge in [0.2, 0.25) is 0 Å². The first kappa shape index (κ1) is 16.5. The van der Waals surface area contributed by atoms with Crippen molar-refractivity contribution in [2.45, 2.75) is 38.9 Å². The van der Waals surface area contributed by atoms with E-state index in [1.807, 2.05) is 27.7 Å². The molecule has 2 rings (SSSR count). The lowest BCUT2D eigenvalue weighted by molar-refractivity contribution is 0.00578. The van der Waals surface area contributed by atoms with Crippen molar-refractivity contribution in [2.24, 2.45) is 5.73 Å². The van der Waals surface area contributed by atoms with Crippen molar-refractivity contribution in [2.75, 3.05) is 6.54 Å². The zero-order chi connectivity index (χ0) is 15.8. The van der Waals surface area contributed by atoms with Crippen LogP contribution in [-0.2, 0) is 9.31 Å². The zero-order valence-electron chi connectivity index (χ0n) is 12.7. The maximum atomic E-state index is 9.88. The van der Waals surface area contributed by atoms with Crippen molar-refractivity contribution in [3.63, 3.8) is 0 Å². The molecule has 0 aliphatic carbocycles. The minimum absolute atomic E-state index is 0.0840. The van der Waals surface area contributed by atoms with Crippen LogP contribution in [0.3, 0.4) is 0 Å². The van der Waals surface area contributed by atoms with Gasteiger partial charge in [-0.3, -0.25) is 0 Å². The molecule has 21 heavy (non-hydrogen) atoms. The highest BCUT2D eigenvalue weighted by molar-refractivity contribution is 9.10. The van der Waals surface area contributed by atoms with E-state index in [1.54, 1.807) is 18.2 Å². The first-order valence-corrected chi connectivity index (χ1v) is 7.57. The molecule has 0 unspecified atom stereocenters. The van der Waals surface area contributed by atoms with E-state index in [2.05, 4.69) is 20.9 Å². The number of rotatable bonds is 3. The summed E-state index contributed by atoms with van der Waals surface area (Å²) in [6.07, 6.45) is 1.71. The molecule has 0 saturated carbocycles. The van der Waals surface area contributed by atoms with Crippen LogP contribution >= 0.6 is 15.9 Å². The molecule has 1 aliphatic rings. The van der Waals surface area contributed by atoms with Crippen LogP contribution in [0.25, 0.3) is 6.08 Å². The predicted octanol–water partition coefficient (Wildman–Crippen LogP) is 2.52. The molecule has 2 heterocycles. The third-order valence-corrected chi connectivity index (χ3v) is 4.42. The van der Waals surface area contributed by atoms with Crippen LogP contribution in [0.1, 0.15) is 33.4 Å². The number of hydrogen-bond acceptors (Lipinski definition) is 5. The Labute approximate surface area is 133 Å². The third kappa shape index (κ3) is 3.31. The van der Waals surface area contributed by atoms with Crippen molar-refractivity contribution >= 4 is 29.1 Å². The van der Waals surface area contributed by atoms with Gasteiger partial charge in [-0.1, -0.05) is 0 Å². The molecule has 1 aliphatic heterocycles. The van der Waals surface area contributed by atoms with E-state index >= 15 is 0 Å². The first-order chi connectivity index (χ1) is 9.66. The second-order valence-corrected chi connectivity index (χ2v) is 6.86. The lowest BCUT2D eigenvalue weighted by Crippen LogP contribution is -2.41. The van der Waals surface area contributed by atoms with E-state index in [1.165, 1.54) is 0 Å². The fraction of sp³-hybridized carbons (Fsp3) is 0.500. The topological polar surface area (TPSA) is 77.6 Å². The summed E-state index contributed by atoms with van der Waals surface area (Å²) in [5.41, 5.74) is 6.11. The Kier molecular flexibility index (Phi) is 4.49. The molecule has 5 nitrogen and oxygen atoms in total. The maximum Gasteiger partial charge on any atom is 0.491 e. The summed E-state index contributed by atoms with van der Waals surface area (Å²) in [4.78, 5) is 4.23. The van der Waals surface area contributed by atoms with Crippen LogP contribution in [0.5, 0.6) is 5.75 Å². The van der Waals surface area contributed by atoms with Crippen LogP contribution in [0, 0.1) is 0 Å². The van der Waals surface area contributed by atoms with Gasteiger partial charge >= 0.3 is 7.12 Å². The number of hydrogen-bond donors (Lipinski definition) is 2. The fourth-order valence-corrected chi connectivity index (χ4v) is 2.27. The van der Waals surface area contributed by atoms with Gasteiger partial charge in [-0.25, -0.2) is 4.98 Å². The molecule has 1 aromatic heterocycles. The molecule has 1 aromatic rings. The molecule has 0 bridgehead atoms. The quantitative estimate of drug-likeness (QED) is 0.644. The molecule has 3 N–H and O–H groups in total. The van der Waals surface area contributed by atoms with Gasteiger partial charge in [0.05, 0.1) is 11.2 Å². The van der Waals surface area contributed by atoms with Crippen LogP contribution in [0.4, 0.5) is 0 Å². The third-order valence-electron chi connectivity index (χ3n) is 3.98. The zero-order valence-corrected chi connectivity index (χ0v) is 14.3. The molecule has 0 atom stereocenters. The van der Waals surface area contributed by atoms with Gasteiger partial charge in [-0.05, 0) is 67.3 Å². The predicted molar refractivity (Wildman–Crippen MR) is 86.7 cm³/mol. The summed E-state index contributed by atoms with van der Waals surface area (Å²) >= 11 is 3.28. The Balaban J connectivity index is 2.33. The Morgan fingerprint density at radius 3 is 2.43 bits per heavy atom. The largest absolute Gasteiger partial charge is 0.506 e. The lowest BCUT2D eigenvalue weighted by atomic mass is 9.77. The lowest BCUT2D eigenvalue weighted by Gasteiger charge is -2.32. The molecule has 7 heteroatoms. The number of aromatic hydroxyl groups is 1. The van der Waals surface area contributed by atoms with Gasteiger partial charge in [-0.2, -0.15) is 0 Å². The number of nitrogens with zero attached hydrogens (tertiary/aromatic N) is 1. The van der Waals surface area contributed by atoms with E-state index < -0.39 is 18.3 Å². The van der Waals surface area contributed by atoms with Gasteiger partial charge in [-0.15, -0.1) is 0 Å². The van der Waals surface area contributed by atoms with Gasteiger partial charge in [0.1, 0.15) is 16.0 Å². The minimum atomic E-state index is -0.541. The molecule has 114 valence electrons. The van der Waals surface area contributed by atoms with Crippen molar-refractivity contribution in [3.8, 4) is 5.75 Å². The summed E-state index contributed by atoms with van der Waals surface area (Å²) in [5.74, 6) is 0.0840. The first-order valence-electron chi connectivity index (χ1n) is 6.78. The fourth-order valence-electron chi connectivity index (χ4n) is 1.94. The average Bonchev–Trinajstić information content (AvgIpc) is 2.59. The molecule has 0 radical (unpaired) electrons. The number of pyridine rings is 1. The molecule has 0 spiro atoms. The normalized spacial score (nSPS) is 20.9. The summed E-state index contributed by atoms with van der Waals surface area (Å²) in [6, 6.07) is 3.24. The highest BCUT2D eigenvalue weighted by Gasteiger charge is 2.52.